The summed E-state index contributed by atoms with van der Waals surface area (Å²) >= 11 is 0. The third kappa shape index (κ3) is 22.6. The highest BCUT2D eigenvalue weighted by molar-refractivity contribution is 7.47. The summed E-state index contributed by atoms with van der Waals surface area (Å²) in [4.78, 5) is 10.0. The second-order valence-electron chi connectivity index (χ2n) is 9.50. The molecule has 4 N–H and O–H groups in total. The van der Waals surface area contributed by atoms with E-state index in [0.29, 0.717) is 13.0 Å². The quantitative estimate of drug-likeness (QED) is 0.0574. The van der Waals surface area contributed by atoms with E-state index < -0.39 is 20.0 Å². The molecule has 0 aliphatic carbocycles. The SMILES string of the molecule is C=CCCCCO[C@@H](CO)[C@@H](CCCCCCCCCCCCCCCC)OP(=O)(O)OCCN. The van der Waals surface area contributed by atoms with Crippen molar-refractivity contribution in [1.29, 1.82) is 0 Å². The van der Waals surface area contributed by atoms with Gasteiger partial charge in [-0.2, -0.15) is 0 Å². The Morgan fingerprint density at radius 2 is 1.37 bits per heavy atom. The van der Waals surface area contributed by atoms with Crippen LogP contribution in [0.2, 0.25) is 0 Å². The van der Waals surface area contributed by atoms with Crippen LogP contribution < -0.4 is 5.73 Å². The lowest BCUT2D eigenvalue weighted by Gasteiger charge is -2.27. The van der Waals surface area contributed by atoms with Gasteiger partial charge in [0.2, 0.25) is 0 Å². The molecule has 3 atom stereocenters. The molecule has 0 aromatic rings. The fourth-order valence-corrected chi connectivity index (χ4v) is 5.10. The van der Waals surface area contributed by atoms with E-state index in [1.165, 1.54) is 70.6 Å². The van der Waals surface area contributed by atoms with E-state index in [0.717, 1.165) is 38.5 Å². The standard InChI is InChI=1S/C27H56NO6P/c1-3-5-7-9-10-11-12-13-14-15-16-17-18-19-21-26(34-35(30,31)33-24-22-28)27(25-29)32-23-20-8-6-4-2/h4,26-27,29H,2-3,5-25,28H2,1H3,(H,30,31)/t26-,27+/m1/s1. The van der Waals surface area contributed by atoms with Crippen molar-refractivity contribution in [2.45, 2.75) is 135 Å². The summed E-state index contributed by atoms with van der Waals surface area (Å²) in [5.74, 6) is 0. The lowest BCUT2D eigenvalue weighted by molar-refractivity contribution is -0.0666. The lowest BCUT2D eigenvalue weighted by Crippen LogP contribution is -2.35. The third-order valence-corrected chi connectivity index (χ3v) is 7.26. The van der Waals surface area contributed by atoms with Crippen molar-refractivity contribution < 1.29 is 28.3 Å². The second kappa shape index (κ2) is 25.4. The summed E-state index contributed by atoms with van der Waals surface area (Å²) in [7, 11) is -4.25. The Bertz CT molecular complexity index is 508. The number of nitrogens with two attached hydrogens (primary N) is 1. The van der Waals surface area contributed by atoms with E-state index in [2.05, 4.69) is 13.5 Å². The molecule has 210 valence electrons. The Morgan fingerprint density at radius 3 is 1.86 bits per heavy atom. The number of phosphoric acid groups is 1. The number of aliphatic hydroxyl groups excluding tert-OH is 1. The molecule has 0 aliphatic heterocycles. The maximum absolute atomic E-state index is 12.3. The summed E-state index contributed by atoms with van der Waals surface area (Å²) in [6, 6.07) is 0. The number of rotatable bonds is 28. The molecule has 0 rings (SSSR count). The molecule has 35 heavy (non-hydrogen) atoms. The van der Waals surface area contributed by atoms with Gasteiger partial charge in [0.15, 0.2) is 0 Å². The summed E-state index contributed by atoms with van der Waals surface area (Å²) < 4.78 is 28.4. The number of allylic oxidation sites excluding steroid dienone is 1. The molecule has 0 heterocycles. The van der Waals surface area contributed by atoms with Crippen LogP contribution >= 0.6 is 7.82 Å². The van der Waals surface area contributed by atoms with Crippen LogP contribution in [-0.2, 0) is 18.3 Å². The monoisotopic (exact) mass is 521 g/mol. The summed E-state index contributed by atoms with van der Waals surface area (Å²) in [6.45, 7) is 6.21. The molecule has 0 fully saturated rings. The van der Waals surface area contributed by atoms with Gasteiger partial charge in [-0.25, -0.2) is 4.57 Å². The number of phosphoric ester groups is 1. The van der Waals surface area contributed by atoms with E-state index in [-0.39, 0.29) is 19.8 Å². The zero-order valence-electron chi connectivity index (χ0n) is 22.5. The molecule has 0 aromatic carbocycles. The second-order valence-corrected chi connectivity index (χ2v) is 10.9. The minimum Gasteiger partial charge on any atom is -0.394 e. The molecular weight excluding hydrogens is 465 g/mol. The van der Waals surface area contributed by atoms with Gasteiger partial charge in [-0.3, -0.25) is 9.05 Å². The van der Waals surface area contributed by atoms with E-state index in [1.807, 2.05) is 6.08 Å². The van der Waals surface area contributed by atoms with Gasteiger partial charge in [-0.15, -0.1) is 6.58 Å². The highest BCUT2D eigenvalue weighted by Crippen LogP contribution is 2.45. The van der Waals surface area contributed by atoms with Gasteiger partial charge in [0.1, 0.15) is 6.10 Å². The topological polar surface area (TPSA) is 111 Å². The van der Waals surface area contributed by atoms with Crippen LogP contribution in [0, 0.1) is 0 Å². The summed E-state index contributed by atoms with van der Waals surface area (Å²) in [6.07, 6.45) is 21.4. The molecule has 0 aromatic heterocycles. The van der Waals surface area contributed by atoms with Gasteiger partial charge in [0, 0.05) is 13.2 Å². The van der Waals surface area contributed by atoms with Crippen molar-refractivity contribution >= 4 is 7.82 Å². The first-order valence-electron chi connectivity index (χ1n) is 14.2. The van der Waals surface area contributed by atoms with Gasteiger partial charge >= 0.3 is 7.82 Å². The molecule has 0 aliphatic rings. The largest absolute Gasteiger partial charge is 0.472 e. The minimum absolute atomic E-state index is 0.0639. The maximum Gasteiger partial charge on any atom is 0.472 e. The van der Waals surface area contributed by atoms with E-state index in [1.54, 1.807) is 0 Å². The number of hydrogen-bond donors (Lipinski definition) is 3. The van der Waals surface area contributed by atoms with Gasteiger partial charge < -0.3 is 20.5 Å². The molecule has 0 saturated carbocycles. The van der Waals surface area contributed by atoms with Crippen molar-refractivity contribution in [3.8, 4) is 0 Å². The molecule has 1 unspecified atom stereocenters. The van der Waals surface area contributed by atoms with Crippen molar-refractivity contribution in [2.24, 2.45) is 5.73 Å². The molecular formula is C27H56NO6P. The van der Waals surface area contributed by atoms with Crippen LogP contribution in [0.3, 0.4) is 0 Å². The molecule has 0 radical (unpaired) electrons. The molecule has 8 heteroatoms. The molecule has 0 spiro atoms. The molecule has 7 nitrogen and oxygen atoms in total. The third-order valence-electron chi connectivity index (χ3n) is 6.21. The number of unbranched alkanes of at least 4 members (excludes halogenated alkanes) is 15. The fourth-order valence-electron chi connectivity index (χ4n) is 4.12. The van der Waals surface area contributed by atoms with Crippen molar-refractivity contribution in [3.63, 3.8) is 0 Å². The van der Waals surface area contributed by atoms with E-state index >= 15 is 0 Å². The molecule has 0 bridgehead atoms. The molecule has 0 saturated heterocycles. The Kier molecular flexibility index (Phi) is 25.2. The number of hydrogen-bond acceptors (Lipinski definition) is 6. The highest BCUT2D eigenvalue weighted by Gasteiger charge is 2.32. The van der Waals surface area contributed by atoms with Crippen LogP contribution in [0.4, 0.5) is 0 Å². The normalized spacial score (nSPS) is 15.1. The Morgan fingerprint density at radius 1 is 0.829 bits per heavy atom. The van der Waals surface area contributed by atoms with Crippen LogP contribution in [0.5, 0.6) is 0 Å². The first-order chi connectivity index (χ1) is 17.0. The highest BCUT2D eigenvalue weighted by atomic mass is 31.2. The smallest absolute Gasteiger partial charge is 0.394 e. The van der Waals surface area contributed by atoms with Crippen LogP contribution in [0.1, 0.15) is 122 Å². The Hall–Kier alpha value is -0.270. The van der Waals surface area contributed by atoms with Gasteiger partial charge in [0.05, 0.1) is 19.3 Å². The fraction of sp³-hybridized carbons (Fsp3) is 0.926. The zero-order valence-corrected chi connectivity index (χ0v) is 23.4. The predicted molar refractivity (Wildman–Crippen MR) is 146 cm³/mol. The Labute approximate surface area is 215 Å². The summed E-state index contributed by atoms with van der Waals surface area (Å²) in [5.41, 5.74) is 5.37. The van der Waals surface area contributed by atoms with Gasteiger partial charge in [-0.05, 0) is 25.7 Å². The van der Waals surface area contributed by atoms with Crippen LogP contribution in [0.15, 0.2) is 12.7 Å². The average molecular weight is 522 g/mol. The van der Waals surface area contributed by atoms with Crippen molar-refractivity contribution in [1.82, 2.24) is 0 Å². The first kappa shape index (κ1) is 34.7. The number of ether oxygens (including phenoxy) is 1. The van der Waals surface area contributed by atoms with Crippen molar-refractivity contribution in [3.05, 3.63) is 12.7 Å². The average Bonchev–Trinajstić information content (AvgIpc) is 2.84. The van der Waals surface area contributed by atoms with Crippen LogP contribution in [-0.4, -0.2) is 48.6 Å². The maximum atomic E-state index is 12.3. The first-order valence-corrected chi connectivity index (χ1v) is 15.7. The minimum atomic E-state index is -4.25. The van der Waals surface area contributed by atoms with E-state index in [9.17, 15) is 14.6 Å². The summed E-state index contributed by atoms with van der Waals surface area (Å²) in [5, 5.41) is 9.83. The van der Waals surface area contributed by atoms with E-state index in [4.69, 9.17) is 19.5 Å². The predicted octanol–water partition coefficient (Wildman–Crippen LogP) is 7.05. The zero-order chi connectivity index (χ0) is 26.0. The van der Waals surface area contributed by atoms with Crippen molar-refractivity contribution in [2.75, 3.05) is 26.4 Å². The number of aliphatic hydroxyl groups is 1. The Balaban J connectivity index is 4.20. The molecule has 0 amide bonds. The van der Waals surface area contributed by atoms with Gasteiger partial charge in [0.25, 0.3) is 0 Å². The van der Waals surface area contributed by atoms with Crippen LogP contribution in [0.25, 0.3) is 0 Å². The van der Waals surface area contributed by atoms with Gasteiger partial charge in [-0.1, -0.05) is 103 Å². The lowest BCUT2D eigenvalue weighted by atomic mass is 10.0.